The number of rotatable bonds is 3. The molecular weight excluding hydrogens is 240 g/mol. The Hall–Kier alpha value is -2.98. The Morgan fingerprint density at radius 2 is 1.35 bits per heavy atom. The number of aromatic hydroxyl groups is 1. The van der Waals surface area contributed by atoms with Crippen molar-refractivity contribution in [2.24, 2.45) is 0 Å². The molecule has 90 valence electrons. The molecule has 0 aliphatic heterocycles. The van der Waals surface area contributed by atoms with Crippen LogP contribution in [0.1, 0.15) is 0 Å². The summed E-state index contributed by atoms with van der Waals surface area (Å²) in [6.45, 7) is 0. The second-order valence-corrected chi connectivity index (χ2v) is 2.80. The Labute approximate surface area is 91.5 Å². The van der Waals surface area contributed by atoms with E-state index in [1.54, 1.807) is 0 Å². The molecule has 0 heterocycles. The van der Waals surface area contributed by atoms with Crippen LogP contribution in [0.4, 0.5) is 22.7 Å². The van der Waals surface area contributed by atoms with Crippen LogP contribution in [0.5, 0.6) is 5.75 Å². The molecular formula is C6H4N4O7. The number of nitrogens with zero attached hydrogens (tertiary/aromatic N) is 3. The number of benzene rings is 1. The molecule has 0 amide bonds. The zero-order valence-corrected chi connectivity index (χ0v) is 7.89. The number of anilines is 1. The van der Waals surface area contributed by atoms with Crippen LogP contribution < -0.4 is 5.73 Å². The molecule has 0 saturated carbocycles. The average Bonchev–Trinajstić information content (AvgIpc) is 2.14. The molecule has 0 unspecified atom stereocenters. The van der Waals surface area contributed by atoms with Crippen molar-refractivity contribution in [3.8, 4) is 5.75 Å². The monoisotopic (exact) mass is 244 g/mol. The largest absolute Gasteiger partial charge is 0.502 e. The van der Waals surface area contributed by atoms with Gasteiger partial charge in [-0.15, -0.1) is 0 Å². The molecule has 0 aliphatic rings. The van der Waals surface area contributed by atoms with Crippen molar-refractivity contribution in [1.29, 1.82) is 0 Å². The van der Waals surface area contributed by atoms with E-state index in [0.717, 1.165) is 0 Å². The van der Waals surface area contributed by atoms with Crippen LogP contribution >= 0.6 is 0 Å². The SMILES string of the molecule is Nc1cc(O)c([N+](=O)[O-])c([N+](=O)[O-])c1[N+](=O)[O-]. The van der Waals surface area contributed by atoms with Crippen LogP contribution in [0.25, 0.3) is 0 Å². The number of nitro benzene ring substituents is 3. The van der Waals surface area contributed by atoms with Crippen LogP contribution in [-0.2, 0) is 0 Å². The predicted molar refractivity (Wildman–Crippen MR) is 52.5 cm³/mol. The quantitative estimate of drug-likeness (QED) is 0.443. The van der Waals surface area contributed by atoms with Crippen molar-refractivity contribution in [2.75, 3.05) is 5.73 Å². The Morgan fingerprint density at radius 3 is 1.71 bits per heavy atom. The summed E-state index contributed by atoms with van der Waals surface area (Å²) in [6, 6.07) is 0.517. The molecule has 0 bridgehead atoms. The van der Waals surface area contributed by atoms with Crippen LogP contribution in [0.3, 0.4) is 0 Å². The van der Waals surface area contributed by atoms with E-state index in [1.807, 2.05) is 0 Å². The maximum Gasteiger partial charge on any atom is 0.428 e. The highest BCUT2D eigenvalue weighted by atomic mass is 16.6. The van der Waals surface area contributed by atoms with E-state index in [2.05, 4.69) is 0 Å². The maximum atomic E-state index is 10.6. The number of hydrogen-bond donors (Lipinski definition) is 2. The molecule has 3 N–H and O–H groups in total. The van der Waals surface area contributed by atoms with E-state index in [4.69, 9.17) is 10.8 Å². The lowest BCUT2D eigenvalue weighted by Gasteiger charge is -2.01. The molecule has 1 aromatic carbocycles. The summed E-state index contributed by atoms with van der Waals surface area (Å²) >= 11 is 0. The van der Waals surface area contributed by atoms with E-state index < -0.39 is 43.3 Å². The van der Waals surface area contributed by atoms with Gasteiger partial charge < -0.3 is 10.8 Å². The standard InChI is InChI=1S/C6H4N4O7/c7-2-1-3(11)5(9(14)15)6(10(16)17)4(2)8(12)13/h1,11H,7H2. The summed E-state index contributed by atoms with van der Waals surface area (Å²) in [7, 11) is 0. The summed E-state index contributed by atoms with van der Waals surface area (Å²) in [4.78, 5) is 27.8. The van der Waals surface area contributed by atoms with Crippen molar-refractivity contribution in [3.63, 3.8) is 0 Å². The first-order chi connectivity index (χ1) is 7.77. The third kappa shape index (κ3) is 1.88. The second-order valence-electron chi connectivity index (χ2n) is 2.80. The van der Waals surface area contributed by atoms with E-state index in [0.29, 0.717) is 6.07 Å². The lowest BCUT2D eigenvalue weighted by molar-refractivity contribution is -0.441. The average molecular weight is 244 g/mol. The summed E-state index contributed by atoms with van der Waals surface area (Å²) < 4.78 is 0. The molecule has 0 spiro atoms. The minimum Gasteiger partial charge on any atom is -0.502 e. The zero-order chi connectivity index (χ0) is 13.3. The molecule has 0 saturated heterocycles. The smallest absolute Gasteiger partial charge is 0.428 e. The van der Waals surface area contributed by atoms with Gasteiger partial charge in [0.15, 0.2) is 0 Å². The highest BCUT2D eigenvalue weighted by Crippen LogP contribution is 2.46. The van der Waals surface area contributed by atoms with Gasteiger partial charge in [0.05, 0.1) is 14.8 Å². The minimum absolute atomic E-state index is 0.517. The Balaban J connectivity index is 3.85. The fourth-order valence-corrected chi connectivity index (χ4v) is 1.20. The number of nitrogens with two attached hydrogens (primary N) is 1. The van der Waals surface area contributed by atoms with E-state index >= 15 is 0 Å². The van der Waals surface area contributed by atoms with Gasteiger partial charge in [-0.25, -0.2) is 0 Å². The number of phenolic OH excluding ortho intramolecular Hbond substituents is 1. The van der Waals surface area contributed by atoms with Gasteiger partial charge in [-0.3, -0.25) is 30.3 Å². The zero-order valence-electron chi connectivity index (χ0n) is 7.89. The molecule has 11 heteroatoms. The van der Waals surface area contributed by atoms with Crippen molar-refractivity contribution < 1.29 is 19.9 Å². The third-order valence-corrected chi connectivity index (χ3v) is 1.80. The van der Waals surface area contributed by atoms with Gasteiger partial charge in [0.25, 0.3) is 0 Å². The molecule has 0 aliphatic carbocycles. The normalized spacial score (nSPS) is 9.88. The topological polar surface area (TPSA) is 176 Å². The molecule has 0 aromatic heterocycles. The first-order valence-electron chi connectivity index (χ1n) is 3.86. The van der Waals surface area contributed by atoms with Crippen molar-refractivity contribution in [3.05, 3.63) is 36.4 Å². The molecule has 0 radical (unpaired) electrons. The Kier molecular flexibility index (Phi) is 2.76. The fourth-order valence-electron chi connectivity index (χ4n) is 1.20. The van der Waals surface area contributed by atoms with Gasteiger partial charge in [0.2, 0.25) is 5.75 Å². The second kappa shape index (κ2) is 3.88. The Bertz CT molecular complexity index is 501. The van der Waals surface area contributed by atoms with Crippen LogP contribution in [0.15, 0.2) is 6.07 Å². The van der Waals surface area contributed by atoms with Gasteiger partial charge in [0, 0.05) is 6.07 Å². The first kappa shape index (κ1) is 12.1. The molecule has 1 rings (SSSR count). The minimum atomic E-state index is -1.45. The van der Waals surface area contributed by atoms with E-state index in [1.165, 1.54) is 0 Å². The summed E-state index contributed by atoms with van der Waals surface area (Å²) in [5, 5.41) is 40.8. The van der Waals surface area contributed by atoms with Crippen LogP contribution in [-0.4, -0.2) is 19.9 Å². The highest BCUT2D eigenvalue weighted by Gasteiger charge is 2.41. The summed E-state index contributed by atoms with van der Waals surface area (Å²) in [5.74, 6) is -1.11. The molecule has 11 nitrogen and oxygen atoms in total. The Morgan fingerprint density at radius 1 is 0.941 bits per heavy atom. The van der Waals surface area contributed by atoms with Crippen molar-refractivity contribution in [1.82, 2.24) is 0 Å². The van der Waals surface area contributed by atoms with Crippen LogP contribution in [0.2, 0.25) is 0 Å². The maximum absolute atomic E-state index is 10.6. The van der Waals surface area contributed by atoms with Gasteiger partial charge in [-0.1, -0.05) is 0 Å². The number of nitrogen functional groups attached to an aromatic ring is 1. The van der Waals surface area contributed by atoms with Crippen molar-refractivity contribution >= 4 is 22.7 Å². The third-order valence-electron chi connectivity index (χ3n) is 1.80. The first-order valence-corrected chi connectivity index (χ1v) is 3.86. The van der Waals surface area contributed by atoms with Gasteiger partial charge in [-0.2, -0.15) is 0 Å². The van der Waals surface area contributed by atoms with Gasteiger partial charge in [-0.05, 0) is 0 Å². The lowest BCUT2D eigenvalue weighted by Crippen LogP contribution is -2.04. The molecule has 0 atom stereocenters. The van der Waals surface area contributed by atoms with E-state index in [9.17, 15) is 30.3 Å². The van der Waals surface area contributed by atoms with Gasteiger partial charge in [0.1, 0.15) is 5.69 Å². The predicted octanol–water partition coefficient (Wildman–Crippen LogP) is 0.699. The number of hydrogen-bond acceptors (Lipinski definition) is 8. The summed E-state index contributed by atoms with van der Waals surface area (Å²) in [5.41, 5.74) is 0.335. The number of nitro groups is 3. The van der Waals surface area contributed by atoms with Gasteiger partial charge >= 0.3 is 17.1 Å². The fraction of sp³-hybridized carbons (Fsp3) is 0. The van der Waals surface area contributed by atoms with E-state index in [-0.39, 0.29) is 0 Å². The molecule has 1 aromatic rings. The lowest BCUT2D eigenvalue weighted by atomic mass is 10.2. The molecule has 0 fully saturated rings. The molecule has 17 heavy (non-hydrogen) atoms. The highest BCUT2D eigenvalue weighted by molar-refractivity contribution is 5.81. The summed E-state index contributed by atoms with van der Waals surface area (Å²) in [6.07, 6.45) is 0. The van der Waals surface area contributed by atoms with Crippen LogP contribution in [0, 0.1) is 30.3 Å². The number of phenols is 1. The van der Waals surface area contributed by atoms with Crippen molar-refractivity contribution in [2.45, 2.75) is 0 Å².